The van der Waals surface area contributed by atoms with E-state index >= 15 is 0 Å². The van der Waals surface area contributed by atoms with E-state index in [4.69, 9.17) is 18.9 Å². The molecule has 1 heterocycles. The molecule has 0 amide bonds. The van der Waals surface area contributed by atoms with E-state index in [1.807, 2.05) is 26.0 Å². The van der Waals surface area contributed by atoms with Gasteiger partial charge in [0.1, 0.15) is 6.10 Å². The summed E-state index contributed by atoms with van der Waals surface area (Å²) in [7, 11) is 0. The second kappa shape index (κ2) is 11.9. The van der Waals surface area contributed by atoms with Crippen LogP contribution in [-0.2, 0) is 18.9 Å². The van der Waals surface area contributed by atoms with Crippen molar-refractivity contribution < 1.29 is 28.5 Å². The van der Waals surface area contributed by atoms with E-state index < -0.39 is 24.3 Å². The Bertz CT molecular complexity index is 822. The summed E-state index contributed by atoms with van der Waals surface area (Å²) in [4.78, 5) is 25.1. The van der Waals surface area contributed by atoms with Gasteiger partial charge in [-0.3, -0.25) is 0 Å². The van der Waals surface area contributed by atoms with Gasteiger partial charge in [-0.1, -0.05) is 36.4 Å². The molecule has 1 fully saturated rings. The predicted octanol–water partition coefficient (Wildman–Crippen LogP) is 4.20. The Morgan fingerprint density at radius 1 is 0.903 bits per heavy atom. The molecule has 1 aliphatic rings. The molecule has 0 spiro atoms. The van der Waals surface area contributed by atoms with Crippen LogP contribution in [0.5, 0.6) is 0 Å². The highest BCUT2D eigenvalue weighted by Crippen LogP contribution is 2.38. The van der Waals surface area contributed by atoms with Crippen LogP contribution >= 0.6 is 11.8 Å². The van der Waals surface area contributed by atoms with Crippen LogP contribution in [0.15, 0.2) is 60.7 Å². The van der Waals surface area contributed by atoms with Crippen LogP contribution in [0.25, 0.3) is 0 Å². The first-order valence-corrected chi connectivity index (χ1v) is 11.5. The van der Waals surface area contributed by atoms with E-state index in [0.717, 1.165) is 0 Å². The fourth-order valence-electron chi connectivity index (χ4n) is 3.44. The summed E-state index contributed by atoms with van der Waals surface area (Å²) in [5.74, 6) is -0.481. The molecule has 3 atom stereocenters. The summed E-state index contributed by atoms with van der Waals surface area (Å²) in [6, 6.07) is 17.7. The van der Waals surface area contributed by atoms with Gasteiger partial charge in [0.05, 0.1) is 23.0 Å². The summed E-state index contributed by atoms with van der Waals surface area (Å²) in [6.07, 6.45) is -0.893. The first-order valence-electron chi connectivity index (χ1n) is 10.5. The number of hydrogen-bond acceptors (Lipinski definition) is 7. The lowest BCUT2D eigenvalue weighted by Gasteiger charge is -2.29. The van der Waals surface area contributed by atoms with Gasteiger partial charge in [0.15, 0.2) is 6.29 Å². The number of benzene rings is 2. The number of thioether (sulfide) groups is 1. The van der Waals surface area contributed by atoms with E-state index in [1.165, 1.54) is 0 Å². The van der Waals surface area contributed by atoms with Crippen molar-refractivity contribution in [3.05, 3.63) is 71.8 Å². The number of esters is 2. The standard InChI is InChI=1S/C24H28O6S/c1-3-27-24(28-4-2)21-19(15-29-22(25)17-11-7-5-8-12-17)20(16-31-21)30-23(26)18-13-9-6-10-14-18/h5-14,19-21,24H,3-4,15-16H2,1-2H3. The van der Waals surface area contributed by atoms with Crippen molar-refractivity contribution in [3.8, 4) is 0 Å². The van der Waals surface area contributed by atoms with E-state index in [0.29, 0.717) is 30.1 Å². The number of rotatable bonds is 10. The molecular formula is C24H28O6S. The van der Waals surface area contributed by atoms with Gasteiger partial charge in [-0.2, -0.15) is 0 Å². The minimum absolute atomic E-state index is 0.106. The predicted molar refractivity (Wildman–Crippen MR) is 119 cm³/mol. The summed E-state index contributed by atoms with van der Waals surface area (Å²) >= 11 is 1.61. The van der Waals surface area contributed by atoms with Crippen LogP contribution in [0.4, 0.5) is 0 Å². The van der Waals surface area contributed by atoms with Gasteiger partial charge < -0.3 is 18.9 Å². The highest BCUT2D eigenvalue weighted by Gasteiger charge is 2.45. The number of hydrogen-bond donors (Lipinski definition) is 0. The van der Waals surface area contributed by atoms with Gasteiger partial charge in [-0.25, -0.2) is 9.59 Å². The highest BCUT2D eigenvalue weighted by molar-refractivity contribution is 8.00. The molecule has 31 heavy (non-hydrogen) atoms. The quantitative estimate of drug-likeness (QED) is 0.402. The zero-order valence-electron chi connectivity index (χ0n) is 17.8. The molecule has 6 nitrogen and oxygen atoms in total. The molecule has 3 rings (SSSR count). The Morgan fingerprint density at radius 2 is 1.45 bits per heavy atom. The second-order valence-electron chi connectivity index (χ2n) is 7.02. The van der Waals surface area contributed by atoms with Crippen LogP contribution in [-0.4, -0.2) is 55.2 Å². The average Bonchev–Trinajstić information content (AvgIpc) is 3.20. The number of ether oxygens (including phenoxy) is 4. The molecule has 0 bridgehead atoms. The Morgan fingerprint density at radius 3 is 2.00 bits per heavy atom. The van der Waals surface area contributed by atoms with Crippen LogP contribution in [0.3, 0.4) is 0 Å². The molecule has 166 valence electrons. The van der Waals surface area contributed by atoms with Gasteiger partial charge in [0.2, 0.25) is 0 Å². The molecule has 0 saturated carbocycles. The van der Waals surface area contributed by atoms with Crippen molar-refractivity contribution in [2.24, 2.45) is 5.92 Å². The maximum Gasteiger partial charge on any atom is 0.338 e. The fourth-order valence-corrected chi connectivity index (χ4v) is 4.99. The lowest BCUT2D eigenvalue weighted by molar-refractivity contribution is -0.147. The molecule has 3 unspecified atom stereocenters. The van der Waals surface area contributed by atoms with Crippen LogP contribution in [0, 0.1) is 5.92 Å². The van der Waals surface area contributed by atoms with Gasteiger partial charge in [-0.15, -0.1) is 11.8 Å². The average molecular weight is 445 g/mol. The Kier molecular flexibility index (Phi) is 8.94. The first kappa shape index (κ1) is 23.3. The van der Waals surface area contributed by atoms with Gasteiger partial charge in [0, 0.05) is 24.9 Å². The molecule has 0 N–H and O–H groups in total. The fraction of sp³-hybridized carbons (Fsp3) is 0.417. The third-order valence-corrected chi connectivity index (χ3v) is 6.44. The monoisotopic (exact) mass is 444 g/mol. The van der Waals surface area contributed by atoms with Crippen molar-refractivity contribution in [3.63, 3.8) is 0 Å². The van der Waals surface area contributed by atoms with Crippen LogP contribution < -0.4 is 0 Å². The normalized spacial score (nSPS) is 20.5. The Hall–Kier alpha value is -2.35. The minimum Gasteiger partial charge on any atom is -0.462 e. The van der Waals surface area contributed by atoms with Gasteiger partial charge in [-0.05, 0) is 38.1 Å². The van der Waals surface area contributed by atoms with Crippen LogP contribution in [0.2, 0.25) is 0 Å². The Balaban J connectivity index is 1.73. The van der Waals surface area contributed by atoms with E-state index in [-0.39, 0.29) is 17.8 Å². The van der Waals surface area contributed by atoms with Crippen LogP contribution in [0.1, 0.15) is 34.6 Å². The molecule has 0 radical (unpaired) electrons. The molecule has 1 aliphatic heterocycles. The molecule has 2 aromatic carbocycles. The minimum atomic E-state index is -0.471. The van der Waals surface area contributed by atoms with Crippen molar-refractivity contribution in [1.82, 2.24) is 0 Å². The lowest BCUT2D eigenvalue weighted by atomic mass is 9.99. The molecule has 0 aliphatic carbocycles. The topological polar surface area (TPSA) is 71.1 Å². The van der Waals surface area contributed by atoms with E-state index in [9.17, 15) is 9.59 Å². The third kappa shape index (κ3) is 6.32. The summed E-state index contributed by atoms with van der Waals surface area (Å²) in [5.41, 5.74) is 0.968. The van der Waals surface area contributed by atoms with Crippen molar-refractivity contribution in [2.45, 2.75) is 31.5 Å². The summed E-state index contributed by atoms with van der Waals surface area (Å²) < 4.78 is 23.0. The van der Waals surface area contributed by atoms with E-state index in [1.54, 1.807) is 60.3 Å². The maximum atomic E-state index is 12.6. The molecule has 1 saturated heterocycles. The zero-order valence-corrected chi connectivity index (χ0v) is 18.6. The highest BCUT2D eigenvalue weighted by atomic mass is 32.2. The summed E-state index contributed by atoms with van der Waals surface area (Å²) in [5, 5.41) is -0.128. The number of carbonyl (C=O) groups excluding carboxylic acids is 2. The SMILES string of the molecule is CCOC(OCC)C1SCC(OC(=O)c2ccccc2)C1COC(=O)c1ccccc1. The second-order valence-corrected chi connectivity index (χ2v) is 8.23. The number of carbonyl (C=O) groups is 2. The van der Waals surface area contributed by atoms with Crippen molar-refractivity contribution in [1.29, 1.82) is 0 Å². The van der Waals surface area contributed by atoms with Crippen molar-refractivity contribution >= 4 is 23.7 Å². The zero-order chi connectivity index (χ0) is 22.1. The molecule has 7 heteroatoms. The first-order chi connectivity index (χ1) is 15.1. The van der Waals surface area contributed by atoms with Gasteiger partial charge >= 0.3 is 11.9 Å². The smallest absolute Gasteiger partial charge is 0.338 e. The van der Waals surface area contributed by atoms with E-state index in [2.05, 4.69) is 0 Å². The molecule has 0 aromatic heterocycles. The summed E-state index contributed by atoms with van der Waals surface area (Å²) in [6.45, 7) is 4.90. The largest absolute Gasteiger partial charge is 0.462 e. The lowest BCUT2D eigenvalue weighted by Crippen LogP contribution is -2.40. The van der Waals surface area contributed by atoms with Crippen molar-refractivity contribution in [2.75, 3.05) is 25.6 Å². The molecular weight excluding hydrogens is 416 g/mol. The molecule has 2 aromatic rings. The Labute approximate surface area is 187 Å². The maximum absolute atomic E-state index is 12.6. The third-order valence-electron chi connectivity index (χ3n) is 4.97. The van der Waals surface area contributed by atoms with Gasteiger partial charge in [0.25, 0.3) is 0 Å².